The van der Waals surface area contributed by atoms with E-state index in [-0.39, 0.29) is 0 Å². The van der Waals surface area contributed by atoms with E-state index < -0.39 is 6.10 Å². The average Bonchev–Trinajstić information content (AvgIpc) is 2.46. The number of nitrogens with one attached hydrogen (secondary N) is 1. The molecule has 0 amide bonds. The van der Waals surface area contributed by atoms with Gasteiger partial charge in [0.15, 0.2) is 0 Å². The highest BCUT2D eigenvalue weighted by Crippen LogP contribution is 2.17. The maximum absolute atomic E-state index is 10.1. The third-order valence-electron chi connectivity index (χ3n) is 3.32. The summed E-state index contributed by atoms with van der Waals surface area (Å²) in [6.07, 6.45) is 1.57. The summed E-state index contributed by atoms with van der Waals surface area (Å²) in [6, 6.07) is 8.00. The molecule has 1 aliphatic rings. The molecule has 1 atom stereocenters. The fourth-order valence-corrected chi connectivity index (χ4v) is 2.12. The predicted octanol–water partition coefficient (Wildman–Crippen LogP) is 1.50. The van der Waals surface area contributed by atoms with Gasteiger partial charge in [0, 0.05) is 25.8 Å². The minimum Gasteiger partial charge on any atom is -0.497 e. The van der Waals surface area contributed by atoms with Gasteiger partial charge in [-0.2, -0.15) is 0 Å². The fourth-order valence-electron chi connectivity index (χ4n) is 2.12. The Bertz CT molecular complexity index is 347. The zero-order chi connectivity index (χ0) is 12.8. The second kappa shape index (κ2) is 6.73. The number of ether oxygens (including phenoxy) is 2. The monoisotopic (exact) mass is 251 g/mol. The highest BCUT2D eigenvalue weighted by molar-refractivity contribution is 5.28. The molecular weight excluding hydrogens is 230 g/mol. The topological polar surface area (TPSA) is 50.7 Å². The molecule has 4 nitrogen and oxygen atoms in total. The van der Waals surface area contributed by atoms with E-state index in [1.165, 1.54) is 0 Å². The standard InChI is InChI=1S/C14H21NO3/c1-17-13-4-2-11(3-5-13)14(16)10-15-12-6-8-18-9-7-12/h2-5,12,14-16H,6-10H2,1H3. The molecule has 100 valence electrons. The summed E-state index contributed by atoms with van der Waals surface area (Å²) in [5.74, 6) is 0.809. The van der Waals surface area contributed by atoms with Crippen molar-refractivity contribution in [3.63, 3.8) is 0 Å². The molecule has 1 saturated heterocycles. The van der Waals surface area contributed by atoms with Crippen molar-refractivity contribution in [1.82, 2.24) is 5.32 Å². The molecule has 1 unspecified atom stereocenters. The van der Waals surface area contributed by atoms with Crippen LogP contribution in [0.25, 0.3) is 0 Å². The Morgan fingerprint density at radius 3 is 2.61 bits per heavy atom. The molecule has 1 heterocycles. The predicted molar refractivity (Wildman–Crippen MR) is 69.8 cm³/mol. The lowest BCUT2D eigenvalue weighted by molar-refractivity contribution is 0.0724. The second-order valence-corrected chi connectivity index (χ2v) is 4.58. The van der Waals surface area contributed by atoms with Gasteiger partial charge in [-0.15, -0.1) is 0 Å². The summed E-state index contributed by atoms with van der Waals surface area (Å²) in [4.78, 5) is 0. The van der Waals surface area contributed by atoms with Crippen LogP contribution in [0.5, 0.6) is 5.75 Å². The van der Waals surface area contributed by atoms with Crippen molar-refractivity contribution in [1.29, 1.82) is 0 Å². The molecular formula is C14H21NO3. The maximum Gasteiger partial charge on any atom is 0.118 e. The quantitative estimate of drug-likeness (QED) is 0.832. The Hall–Kier alpha value is -1.10. The van der Waals surface area contributed by atoms with Gasteiger partial charge in [-0.25, -0.2) is 0 Å². The molecule has 0 radical (unpaired) electrons. The van der Waals surface area contributed by atoms with Crippen molar-refractivity contribution in [2.45, 2.75) is 25.0 Å². The highest BCUT2D eigenvalue weighted by atomic mass is 16.5. The largest absolute Gasteiger partial charge is 0.497 e. The summed E-state index contributed by atoms with van der Waals surface area (Å²) in [5, 5.41) is 13.5. The Labute approximate surface area is 108 Å². The molecule has 4 heteroatoms. The van der Waals surface area contributed by atoms with Crippen molar-refractivity contribution >= 4 is 0 Å². The van der Waals surface area contributed by atoms with Gasteiger partial charge in [0.1, 0.15) is 5.75 Å². The van der Waals surface area contributed by atoms with E-state index >= 15 is 0 Å². The van der Waals surface area contributed by atoms with Crippen LogP contribution in [-0.4, -0.2) is 38.0 Å². The van der Waals surface area contributed by atoms with E-state index in [9.17, 15) is 5.11 Å². The summed E-state index contributed by atoms with van der Waals surface area (Å²) in [5.41, 5.74) is 0.912. The van der Waals surface area contributed by atoms with Gasteiger partial charge in [0.2, 0.25) is 0 Å². The van der Waals surface area contributed by atoms with Crippen LogP contribution in [-0.2, 0) is 4.74 Å². The smallest absolute Gasteiger partial charge is 0.118 e. The van der Waals surface area contributed by atoms with Gasteiger partial charge in [0.25, 0.3) is 0 Å². The van der Waals surface area contributed by atoms with E-state index in [1.807, 2.05) is 24.3 Å². The van der Waals surface area contributed by atoms with Gasteiger partial charge < -0.3 is 19.9 Å². The third kappa shape index (κ3) is 3.70. The highest BCUT2D eigenvalue weighted by Gasteiger charge is 2.15. The molecule has 0 spiro atoms. The molecule has 0 saturated carbocycles. The number of aliphatic hydroxyl groups is 1. The van der Waals surface area contributed by atoms with Crippen LogP contribution >= 0.6 is 0 Å². The second-order valence-electron chi connectivity index (χ2n) is 4.58. The van der Waals surface area contributed by atoms with Gasteiger partial charge in [-0.3, -0.25) is 0 Å². The minimum atomic E-state index is -0.473. The first-order chi connectivity index (χ1) is 8.79. The lowest BCUT2D eigenvalue weighted by atomic mass is 10.1. The Morgan fingerprint density at radius 2 is 2.00 bits per heavy atom. The molecule has 0 bridgehead atoms. The maximum atomic E-state index is 10.1. The molecule has 0 aliphatic carbocycles. The molecule has 0 aromatic heterocycles. The number of aliphatic hydroxyl groups excluding tert-OH is 1. The first-order valence-electron chi connectivity index (χ1n) is 6.42. The summed E-state index contributed by atoms with van der Waals surface area (Å²) < 4.78 is 10.4. The van der Waals surface area contributed by atoms with Crippen LogP contribution in [0, 0.1) is 0 Å². The molecule has 1 aromatic carbocycles. The Kier molecular flexibility index (Phi) is 4.99. The number of methoxy groups -OCH3 is 1. The summed E-state index contributed by atoms with van der Waals surface area (Å²) >= 11 is 0. The van der Waals surface area contributed by atoms with Crippen molar-refractivity contribution in [2.75, 3.05) is 26.9 Å². The fraction of sp³-hybridized carbons (Fsp3) is 0.571. The van der Waals surface area contributed by atoms with Crippen LogP contribution in [0.15, 0.2) is 24.3 Å². The van der Waals surface area contributed by atoms with Crippen LogP contribution in [0.1, 0.15) is 24.5 Å². The normalized spacial score (nSPS) is 18.6. The molecule has 2 rings (SSSR count). The van der Waals surface area contributed by atoms with E-state index in [2.05, 4.69) is 5.32 Å². The van der Waals surface area contributed by atoms with E-state index in [1.54, 1.807) is 7.11 Å². The number of hydrogen-bond donors (Lipinski definition) is 2. The number of benzene rings is 1. The number of rotatable bonds is 5. The SMILES string of the molecule is COc1ccc(C(O)CNC2CCOCC2)cc1. The van der Waals surface area contributed by atoms with Gasteiger partial charge >= 0.3 is 0 Å². The Morgan fingerprint density at radius 1 is 1.33 bits per heavy atom. The van der Waals surface area contributed by atoms with Crippen molar-refractivity contribution in [3.05, 3.63) is 29.8 Å². The van der Waals surface area contributed by atoms with Gasteiger partial charge in [-0.1, -0.05) is 12.1 Å². The Balaban J connectivity index is 1.80. The van der Waals surface area contributed by atoms with Crippen molar-refractivity contribution in [3.8, 4) is 5.75 Å². The van der Waals surface area contributed by atoms with E-state index in [0.717, 1.165) is 37.4 Å². The first kappa shape index (κ1) is 13.3. The molecule has 2 N–H and O–H groups in total. The van der Waals surface area contributed by atoms with Gasteiger partial charge in [0.05, 0.1) is 13.2 Å². The zero-order valence-corrected chi connectivity index (χ0v) is 10.8. The van der Waals surface area contributed by atoms with Crippen LogP contribution in [0.4, 0.5) is 0 Å². The average molecular weight is 251 g/mol. The zero-order valence-electron chi connectivity index (χ0n) is 10.8. The molecule has 1 aromatic rings. The summed E-state index contributed by atoms with van der Waals surface area (Å²) in [7, 11) is 1.64. The number of hydrogen-bond acceptors (Lipinski definition) is 4. The van der Waals surface area contributed by atoms with Crippen molar-refractivity contribution < 1.29 is 14.6 Å². The summed E-state index contributed by atoms with van der Waals surface area (Å²) in [6.45, 7) is 2.21. The van der Waals surface area contributed by atoms with Crippen LogP contribution in [0.2, 0.25) is 0 Å². The lowest BCUT2D eigenvalue weighted by Crippen LogP contribution is -2.37. The molecule has 18 heavy (non-hydrogen) atoms. The lowest BCUT2D eigenvalue weighted by Gasteiger charge is -2.24. The van der Waals surface area contributed by atoms with Crippen molar-refractivity contribution in [2.24, 2.45) is 0 Å². The van der Waals surface area contributed by atoms with E-state index in [0.29, 0.717) is 12.6 Å². The first-order valence-corrected chi connectivity index (χ1v) is 6.42. The van der Waals surface area contributed by atoms with Crippen LogP contribution in [0.3, 0.4) is 0 Å². The van der Waals surface area contributed by atoms with E-state index in [4.69, 9.17) is 9.47 Å². The molecule has 1 fully saturated rings. The third-order valence-corrected chi connectivity index (χ3v) is 3.32. The minimum absolute atomic E-state index is 0.464. The van der Waals surface area contributed by atoms with Gasteiger partial charge in [-0.05, 0) is 30.5 Å². The molecule has 1 aliphatic heterocycles. The van der Waals surface area contributed by atoms with Crippen LogP contribution < -0.4 is 10.1 Å².